The van der Waals surface area contributed by atoms with Gasteiger partial charge in [0.05, 0.1) is 5.69 Å². The summed E-state index contributed by atoms with van der Waals surface area (Å²) in [7, 11) is 0.106. The molecule has 118 valence electrons. The van der Waals surface area contributed by atoms with Gasteiger partial charge in [-0.05, 0) is 45.5 Å². The highest BCUT2D eigenvalue weighted by atomic mass is 32.2. The zero-order valence-electron chi connectivity index (χ0n) is 12.9. The van der Waals surface area contributed by atoms with Gasteiger partial charge in [-0.1, -0.05) is 0 Å². The molecule has 0 bridgehead atoms. The van der Waals surface area contributed by atoms with Gasteiger partial charge in [-0.2, -0.15) is 4.31 Å². The molecule has 1 unspecified atom stereocenters. The van der Waals surface area contributed by atoms with Crippen LogP contribution in [0.5, 0.6) is 0 Å². The van der Waals surface area contributed by atoms with Crippen molar-refractivity contribution in [2.75, 3.05) is 39.0 Å². The molecule has 2 heterocycles. The number of pyridine rings is 1. The van der Waals surface area contributed by atoms with E-state index in [0.29, 0.717) is 18.8 Å². The van der Waals surface area contributed by atoms with Crippen molar-refractivity contribution in [3.63, 3.8) is 0 Å². The highest BCUT2D eigenvalue weighted by molar-refractivity contribution is 7.89. The molecular formula is C14H24N4O2S. The van der Waals surface area contributed by atoms with E-state index in [-0.39, 0.29) is 11.1 Å². The van der Waals surface area contributed by atoms with Crippen LogP contribution in [0.1, 0.15) is 19.8 Å². The maximum absolute atomic E-state index is 12.7. The first-order chi connectivity index (χ1) is 9.96. The molecule has 1 atom stereocenters. The molecule has 7 heteroatoms. The first-order valence-electron chi connectivity index (χ1n) is 7.32. The van der Waals surface area contributed by atoms with E-state index in [1.54, 1.807) is 19.2 Å². The lowest BCUT2D eigenvalue weighted by molar-refractivity contribution is 0.271. The average Bonchev–Trinajstić information content (AvgIpc) is 2.85. The van der Waals surface area contributed by atoms with Crippen LogP contribution in [0.15, 0.2) is 23.4 Å². The van der Waals surface area contributed by atoms with Crippen molar-refractivity contribution < 1.29 is 8.42 Å². The summed E-state index contributed by atoms with van der Waals surface area (Å²) in [6.45, 7) is 4.12. The average molecular weight is 312 g/mol. The van der Waals surface area contributed by atoms with Crippen LogP contribution >= 0.6 is 0 Å². The quantitative estimate of drug-likeness (QED) is 0.856. The molecule has 2 rings (SSSR count). The Morgan fingerprint density at radius 2 is 2.29 bits per heavy atom. The highest BCUT2D eigenvalue weighted by Crippen LogP contribution is 2.23. The normalized spacial score (nSPS) is 20.1. The van der Waals surface area contributed by atoms with Crippen LogP contribution in [0.4, 0.5) is 5.69 Å². The number of nitrogens with zero attached hydrogens (tertiary/aromatic N) is 3. The minimum atomic E-state index is -3.57. The smallest absolute Gasteiger partial charge is 0.262 e. The molecule has 1 fully saturated rings. The van der Waals surface area contributed by atoms with Gasteiger partial charge in [0.15, 0.2) is 5.03 Å². The Balaban J connectivity index is 2.20. The van der Waals surface area contributed by atoms with E-state index in [0.717, 1.165) is 19.4 Å². The molecule has 1 aromatic heterocycles. The van der Waals surface area contributed by atoms with E-state index in [1.165, 1.54) is 10.5 Å². The fraction of sp³-hybridized carbons (Fsp3) is 0.643. The van der Waals surface area contributed by atoms with E-state index >= 15 is 0 Å². The third-order valence-electron chi connectivity index (χ3n) is 3.93. The summed E-state index contributed by atoms with van der Waals surface area (Å²) in [5.74, 6) is 0. The Morgan fingerprint density at radius 1 is 1.52 bits per heavy atom. The number of hydrogen-bond donors (Lipinski definition) is 1. The van der Waals surface area contributed by atoms with E-state index in [4.69, 9.17) is 0 Å². The van der Waals surface area contributed by atoms with Crippen LogP contribution < -0.4 is 5.32 Å². The summed E-state index contributed by atoms with van der Waals surface area (Å²) in [4.78, 5) is 6.30. The van der Waals surface area contributed by atoms with Crippen molar-refractivity contribution in [2.45, 2.75) is 30.8 Å². The summed E-state index contributed by atoms with van der Waals surface area (Å²) >= 11 is 0. The van der Waals surface area contributed by atoms with Crippen molar-refractivity contribution in [3.05, 3.63) is 18.3 Å². The molecule has 21 heavy (non-hydrogen) atoms. The second-order valence-electron chi connectivity index (χ2n) is 5.45. The van der Waals surface area contributed by atoms with E-state index in [9.17, 15) is 8.42 Å². The maximum atomic E-state index is 12.7. The zero-order chi connectivity index (χ0) is 15.5. The maximum Gasteiger partial charge on any atom is 0.262 e. The zero-order valence-corrected chi connectivity index (χ0v) is 13.7. The van der Waals surface area contributed by atoms with Gasteiger partial charge in [0, 0.05) is 32.4 Å². The summed E-state index contributed by atoms with van der Waals surface area (Å²) in [5.41, 5.74) is 0.562. The second-order valence-corrected chi connectivity index (χ2v) is 7.41. The van der Waals surface area contributed by atoms with Crippen LogP contribution in [-0.2, 0) is 10.0 Å². The van der Waals surface area contributed by atoms with Gasteiger partial charge in [-0.25, -0.2) is 13.4 Å². The van der Waals surface area contributed by atoms with E-state index < -0.39 is 10.0 Å². The minimum Gasteiger partial charge on any atom is -0.383 e. The number of nitrogens with one attached hydrogen (secondary N) is 1. The van der Waals surface area contributed by atoms with Gasteiger partial charge in [0.1, 0.15) is 0 Å². The van der Waals surface area contributed by atoms with Crippen molar-refractivity contribution >= 4 is 15.7 Å². The topological polar surface area (TPSA) is 65.5 Å². The van der Waals surface area contributed by atoms with Gasteiger partial charge in [0.2, 0.25) is 0 Å². The lowest BCUT2D eigenvalue weighted by Gasteiger charge is -2.25. The molecule has 0 amide bonds. The molecule has 0 radical (unpaired) electrons. The summed E-state index contributed by atoms with van der Waals surface area (Å²) < 4.78 is 26.9. The summed E-state index contributed by atoms with van der Waals surface area (Å²) in [6.07, 6.45) is 3.68. The monoisotopic (exact) mass is 312 g/mol. The van der Waals surface area contributed by atoms with Crippen molar-refractivity contribution in [1.29, 1.82) is 0 Å². The predicted molar refractivity (Wildman–Crippen MR) is 83.9 cm³/mol. The first kappa shape index (κ1) is 16.2. The van der Waals surface area contributed by atoms with Crippen molar-refractivity contribution in [3.8, 4) is 0 Å². The molecule has 6 nitrogen and oxygen atoms in total. The first-order valence-corrected chi connectivity index (χ1v) is 8.76. The lowest BCUT2D eigenvalue weighted by atomic mass is 10.2. The van der Waals surface area contributed by atoms with Crippen LogP contribution in [-0.4, -0.2) is 62.4 Å². The van der Waals surface area contributed by atoms with Crippen molar-refractivity contribution in [2.24, 2.45) is 0 Å². The number of likely N-dealkylation sites (tertiary alicyclic amines) is 1. The fourth-order valence-corrected chi connectivity index (χ4v) is 3.95. The van der Waals surface area contributed by atoms with Gasteiger partial charge in [-0.15, -0.1) is 0 Å². The predicted octanol–water partition coefficient (Wildman–Crippen LogP) is 1.23. The third-order valence-corrected chi connectivity index (χ3v) is 5.72. The lowest BCUT2D eigenvalue weighted by Crippen LogP contribution is -2.39. The Kier molecular flexibility index (Phi) is 5.18. The highest BCUT2D eigenvalue weighted by Gasteiger charge is 2.30. The molecule has 0 aliphatic carbocycles. The number of hydrogen-bond acceptors (Lipinski definition) is 5. The standard InChI is InChI=1S/C14H24N4O2S/c1-4-15-13-8-5-9-16-14(13)21(19,20)18(3)11-12-7-6-10-17(12)2/h5,8-9,12,15H,4,6-7,10-11H2,1-3H3. The third kappa shape index (κ3) is 3.53. The largest absolute Gasteiger partial charge is 0.383 e. The van der Waals surface area contributed by atoms with Crippen LogP contribution in [0, 0.1) is 0 Å². The van der Waals surface area contributed by atoms with E-state index in [2.05, 4.69) is 15.2 Å². The molecule has 0 aromatic carbocycles. The number of aromatic nitrogens is 1. The molecule has 1 aliphatic rings. The minimum absolute atomic E-state index is 0.106. The SMILES string of the molecule is CCNc1cccnc1S(=O)(=O)N(C)CC1CCCN1C. The molecule has 1 saturated heterocycles. The Labute approximate surface area is 127 Å². The van der Waals surface area contributed by atoms with Gasteiger partial charge in [-0.3, -0.25) is 0 Å². The van der Waals surface area contributed by atoms with Crippen LogP contribution in [0.2, 0.25) is 0 Å². The molecule has 1 aliphatic heterocycles. The molecule has 1 N–H and O–H groups in total. The second kappa shape index (κ2) is 6.72. The molecule has 0 saturated carbocycles. The Morgan fingerprint density at radius 3 is 2.90 bits per heavy atom. The molecule has 1 aromatic rings. The van der Waals surface area contributed by atoms with Crippen LogP contribution in [0.25, 0.3) is 0 Å². The number of sulfonamides is 1. The summed E-state index contributed by atoms with van der Waals surface area (Å²) in [5, 5.41) is 3.17. The van der Waals surface area contributed by atoms with Gasteiger partial charge >= 0.3 is 0 Å². The number of anilines is 1. The molecular weight excluding hydrogens is 288 g/mol. The summed E-state index contributed by atoms with van der Waals surface area (Å²) in [6, 6.07) is 3.77. The van der Waals surface area contributed by atoms with E-state index in [1.807, 2.05) is 14.0 Å². The van der Waals surface area contributed by atoms with Gasteiger partial charge in [0.25, 0.3) is 10.0 Å². The Bertz CT molecular complexity index is 576. The number of rotatable bonds is 6. The molecule has 0 spiro atoms. The van der Waals surface area contributed by atoms with Crippen LogP contribution in [0.3, 0.4) is 0 Å². The van der Waals surface area contributed by atoms with Gasteiger partial charge < -0.3 is 10.2 Å². The van der Waals surface area contributed by atoms with Crippen molar-refractivity contribution in [1.82, 2.24) is 14.2 Å². The fourth-order valence-electron chi connectivity index (χ4n) is 2.67. The number of likely N-dealkylation sites (N-methyl/N-ethyl adjacent to an activating group) is 2. The Hall–Kier alpha value is -1.18.